The third-order valence-electron chi connectivity index (χ3n) is 3.31. The van der Waals surface area contributed by atoms with Crippen molar-refractivity contribution in [2.75, 3.05) is 5.32 Å². The first-order chi connectivity index (χ1) is 8.59. The second-order valence-electron chi connectivity index (χ2n) is 4.66. The van der Waals surface area contributed by atoms with Gasteiger partial charge < -0.3 is 5.32 Å². The lowest BCUT2D eigenvalue weighted by Crippen LogP contribution is -2.06. The van der Waals surface area contributed by atoms with Crippen LogP contribution in [0.2, 0.25) is 0 Å². The molecule has 0 heterocycles. The van der Waals surface area contributed by atoms with Crippen molar-refractivity contribution < 1.29 is 4.39 Å². The highest BCUT2D eigenvalue weighted by Gasteiger charge is 2.06. The van der Waals surface area contributed by atoms with Gasteiger partial charge in [0.1, 0.15) is 5.82 Å². The standard InChI is InChI=1S/C16H18FN/c1-11-6-4-7-12(2)14(11)10-18-16-13(3)8-5-9-15(16)17/h4-9,18H,10H2,1-3H3. The molecule has 0 aromatic heterocycles. The van der Waals surface area contributed by atoms with Gasteiger partial charge in [0, 0.05) is 6.54 Å². The molecule has 0 radical (unpaired) electrons. The molecule has 2 heteroatoms. The average molecular weight is 243 g/mol. The van der Waals surface area contributed by atoms with Gasteiger partial charge in [-0.2, -0.15) is 0 Å². The quantitative estimate of drug-likeness (QED) is 0.844. The fourth-order valence-electron chi connectivity index (χ4n) is 2.16. The largest absolute Gasteiger partial charge is 0.378 e. The van der Waals surface area contributed by atoms with Gasteiger partial charge in [0.05, 0.1) is 5.69 Å². The van der Waals surface area contributed by atoms with E-state index in [-0.39, 0.29) is 5.82 Å². The lowest BCUT2D eigenvalue weighted by molar-refractivity contribution is 0.629. The highest BCUT2D eigenvalue weighted by molar-refractivity contribution is 5.52. The summed E-state index contributed by atoms with van der Waals surface area (Å²) in [5, 5.41) is 3.20. The van der Waals surface area contributed by atoms with Gasteiger partial charge in [0.15, 0.2) is 0 Å². The van der Waals surface area contributed by atoms with E-state index in [1.165, 1.54) is 22.8 Å². The molecule has 2 aromatic carbocycles. The summed E-state index contributed by atoms with van der Waals surface area (Å²) in [6.07, 6.45) is 0. The zero-order valence-electron chi connectivity index (χ0n) is 11.0. The second kappa shape index (κ2) is 5.21. The van der Waals surface area contributed by atoms with Crippen LogP contribution in [0.25, 0.3) is 0 Å². The zero-order chi connectivity index (χ0) is 13.1. The minimum Gasteiger partial charge on any atom is -0.378 e. The lowest BCUT2D eigenvalue weighted by atomic mass is 10.0. The molecule has 0 spiro atoms. The van der Waals surface area contributed by atoms with E-state index in [4.69, 9.17) is 0 Å². The van der Waals surface area contributed by atoms with Gasteiger partial charge in [0.2, 0.25) is 0 Å². The number of anilines is 1. The molecule has 0 aliphatic rings. The highest BCUT2D eigenvalue weighted by Crippen LogP contribution is 2.21. The second-order valence-corrected chi connectivity index (χ2v) is 4.66. The molecule has 0 fully saturated rings. The summed E-state index contributed by atoms with van der Waals surface area (Å²) in [4.78, 5) is 0. The molecule has 0 amide bonds. The van der Waals surface area contributed by atoms with Crippen LogP contribution < -0.4 is 5.32 Å². The van der Waals surface area contributed by atoms with Crippen molar-refractivity contribution in [3.8, 4) is 0 Å². The Morgan fingerprint density at radius 3 is 2.06 bits per heavy atom. The molecule has 2 rings (SSSR count). The number of hydrogen-bond acceptors (Lipinski definition) is 1. The van der Waals surface area contributed by atoms with Crippen LogP contribution in [0.1, 0.15) is 22.3 Å². The first-order valence-corrected chi connectivity index (χ1v) is 6.13. The average Bonchev–Trinajstić information content (AvgIpc) is 2.31. The number of aryl methyl sites for hydroxylation is 3. The van der Waals surface area contributed by atoms with Crippen molar-refractivity contribution >= 4 is 5.69 Å². The van der Waals surface area contributed by atoms with Gasteiger partial charge in [0.25, 0.3) is 0 Å². The highest BCUT2D eigenvalue weighted by atomic mass is 19.1. The first kappa shape index (κ1) is 12.6. The Hall–Kier alpha value is -1.83. The third kappa shape index (κ3) is 2.53. The van der Waals surface area contributed by atoms with E-state index in [0.717, 1.165) is 5.56 Å². The maximum absolute atomic E-state index is 13.7. The number of rotatable bonds is 3. The van der Waals surface area contributed by atoms with Crippen molar-refractivity contribution in [3.05, 3.63) is 64.5 Å². The first-order valence-electron chi connectivity index (χ1n) is 6.13. The number of halogens is 1. The minimum absolute atomic E-state index is 0.193. The lowest BCUT2D eigenvalue weighted by Gasteiger charge is -2.14. The van der Waals surface area contributed by atoms with Crippen molar-refractivity contribution in [2.24, 2.45) is 0 Å². The SMILES string of the molecule is Cc1cccc(C)c1CNc1c(C)cccc1F. The maximum Gasteiger partial charge on any atom is 0.146 e. The Labute approximate surface area is 108 Å². The van der Waals surface area contributed by atoms with E-state index in [1.807, 2.05) is 19.1 Å². The van der Waals surface area contributed by atoms with Gasteiger partial charge in [-0.1, -0.05) is 30.3 Å². The Morgan fingerprint density at radius 2 is 1.44 bits per heavy atom. The topological polar surface area (TPSA) is 12.0 Å². The van der Waals surface area contributed by atoms with Gasteiger partial charge in [-0.15, -0.1) is 0 Å². The Bertz CT molecular complexity index is 469. The van der Waals surface area contributed by atoms with E-state index < -0.39 is 0 Å². The van der Waals surface area contributed by atoms with Crippen molar-refractivity contribution in [1.82, 2.24) is 0 Å². The van der Waals surface area contributed by atoms with E-state index in [0.29, 0.717) is 12.2 Å². The molecule has 0 unspecified atom stereocenters. The summed E-state index contributed by atoms with van der Waals surface area (Å²) in [5.41, 5.74) is 5.23. The summed E-state index contributed by atoms with van der Waals surface area (Å²) in [6.45, 7) is 6.73. The molecule has 2 aromatic rings. The van der Waals surface area contributed by atoms with E-state index in [1.54, 1.807) is 6.07 Å². The normalized spacial score (nSPS) is 10.4. The predicted octanol–water partition coefficient (Wildman–Crippen LogP) is 4.36. The Kier molecular flexibility index (Phi) is 3.66. The van der Waals surface area contributed by atoms with Crippen LogP contribution in [0.5, 0.6) is 0 Å². The van der Waals surface area contributed by atoms with Gasteiger partial charge in [-0.3, -0.25) is 0 Å². The molecular formula is C16H18FN. The van der Waals surface area contributed by atoms with Crippen LogP contribution in [0.4, 0.5) is 10.1 Å². The van der Waals surface area contributed by atoms with Gasteiger partial charge in [-0.05, 0) is 49.1 Å². The molecule has 18 heavy (non-hydrogen) atoms. The molecule has 0 aliphatic heterocycles. The van der Waals surface area contributed by atoms with Crippen LogP contribution in [-0.4, -0.2) is 0 Å². The van der Waals surface area contributed by atoms with Gasteiger partial charge >= 0.3 is 0 Å². The van der Waals surface area contributed by atoms with Gasteiger partial charge in [-0.25, -0.2) is 4.39 Å². The summed E-state index contributed by atoms with van der Waals surface area (Å²) in [6, 6.07) is 11.3. The Morgan fingerprint density at radius 1 is 0.889 bits per heavy atom. The summed E-state index contributed by atoms with van der Waals surface area (Å²) < 4.78 is 13.7. The fourth-order valence-corrected chi connectivity index (χ4v) is 2.16. The van der Waals surface area contributed by atoms with Crippen molar-refractivity contribution in [1.29, 1.82) is 0 Å². The molecular weight excluding hydrogens is 225 g/mol. The van der Waals surface area contributed by atoms with Crippen LogP contribution in [-0.2, 0) is 6.54 Å². The fraction of sp³-hybridized carbons (Fsp3) is 0.250. The summed E-state index contributed by atoms with van der Waals surface area (Å²) in [7, 11) is 0. The number of nitrogens with one attached hydrogen (secondary N) is 1. The monoisotopic (exact) mass is 243 g/mol. The van der Waals surface area contributed by atoms with Crippen LogP contribution in [0.15, 0.2) is 36.4 Å². The number of para-hydroxylation sites is 1. The smallest absolute Gasteiger partial charge is 0.146 e. The molecule has 94 valence electrons. The number of hydrogen-bond donors (Lipinski definition) is 1. The van der Waals surface area contributed by atoms with Crippen LogP contribution in [0, 0.1) is 26.6 Å². The Balaban J connectivity index is 2.22. The molecule has 1 nitrogen and oxygen atoms in total. The molecule has 1 N–H and O–H groups in total. The minimum atomic E-state index is -0.193. The summed E-state index contributed by atoms with van der Waals surface area (Å²) in [5.74, 6) is -0.193. The predicted molar refractivity (Wildman–Crippen MR) is 74.4 cm³/mol. The molecule has 0 saturated heterocycles. The van der Waals surface area contributed by atoms with Crippen molar-refractivity contribution in [2.45, 2.75) is 27.3 Å². The molecule has 0 bridgehead atoms. The van der Waals surface area contributed by atoms with Crippen LogP contribution >= 0.6 is 0 Å². The third-order valence-corrected chi connectivity index (χ3v) is 3.31. The molecule has 0 atom stereocenters. The van der Waals surface area contributed by atoms with E-state index in [9.17, 15) is 4.39 Å². The van der Waals surface area contributed by atoms with Crippen molar-refractivity contribution in [3.63, 3.8) is 0 Å². The van der Waals surface area contributed by atoms with E-state index in [2.05, 4.69) is 31.3 Å². The maximum atomic E-state index is 13.7. The number of benzene rings is 2. The molecule has 0 aliphatic carbocycles. The zero-order valence-corrected chi connectivity index (χ0v) is 11.0. The summed E-state index contributed by atoms with van der Waals surface area (Å²) >= 11 is 0. The van der Waals surface area contributed by atoms with E-state index >= 15 is 0 Å². The molecule has 0 saturated carbocycles. The van der Waals surface area contributed by atoms with Crippen LogP contribution in [0.3, 0.4) is 0 Å².